The van der Waals surface area contributed by atoms with Gasteiger partial charge in [0.2, 0.25) is 5.69 Å². The van der Waals surface area contributed by atoms with Crippen LogP contribution in [0.15, 0.2) is 36.5 Å². The molecule has 4 rings (SSSR count). The largest absolute Gasteiger partial charge is 0.220 e. The minimum Gasteiger partial charge on any atom is -0.206 e. The van der Waals surface area contributed by atoms with Gasteiger partial charge in [0.1, 0.15) is 12.9 Å². The van der Waals surface area contributed by atoms with E-state index in [0.29, 0.717) is 11.5 Å². The lowest BCUT2D eigenvalue weighted by Gasteiger charge is -2.22. The number of fused-ring (bicyclic) bond motifs is 1. The zero-order valence-corrected chi connectivity index (χ0v) is 16.9. The maximum absolute atomic E-state index is 14.4. The molecule has 0 bridgehead atoms. The third-order valence-corrected chi connectivity index (χ3v) is 6.50. The average molecular weight is 363 g/mol. The van der Waals surface area contributed by atoms with E-state index < -0.39 is 0 Å². The van der Waals surface area contributed by atoms with E-state index in [1.165, 1.54) is 54.1 Å². The first-order valence-electron chi connectivity index (χ1n) is 10.2. The van der Waals surface area contributed by atoms with E-state index in [1.54, 1.807) is 0 Å². The third-order valence-electron chi connectivity index (χ3n) is 6.50. The number of pyridine rings is 1. The lowest BCUT2D eigenvalue weighted by molar-refractivity contribution is -0.659. The van der Waals surface area contributed by atoms with Gasteiger partial charge in [0, 0.05) is 6.07 Å². The molecule has 0 N–H and O–H groups in total. The van der Waals surface area contributed by atoms with Crippen LogP contribution in [0.1, 0.15) is 60.3 Å². The molecule has 0 saturated heterocycles. The van der Waals surface area contributed by atoms with Crippen LogP contribution in [0.2, 0.25) is 0 Å². The fourth-order valence-electron chi connectivity index (χ4n) is 4.71. The highest BCUT2D eigenvalue weighted by Gasteiger charge is 2.22. The van der Waals surface area contributed by atoms with Crippen molar-refractivity contribution < 1.29 is 8.96 Å². The Morgan fingerprint density at radius 3 is 2.41 bits per heavy atom. The molecule has 1 fully saturated rings. The molecule has 1 nitrogen and oxygen atoms in total. The second-order valence-electron chi connectivity index (χ2n) is 8.26. The highest BCUT2D eigenvalue weighted by atomic mass is 19.1. The molecule has 0 unspecified atom stereocenters. The highest BCUT2D eigenvalue weighted by molar-refractivity contribution is 5.94. The molecular weight excluding hydrogens is 333 g/mol. The monoisotopic (exact) mass is 362 g/mol. The summed E-state index contributed by atoms with van der Waals surface area (Å²) in [5.74, 6) is 0.622. The summed E-state index contributed by atoms with van der Waals surface area (Å²) >= 11 is 0. The van der Waals surface area contributed by atoms with E-state index in [1.807, 2.05) is 26.8 Å². The van der Waals surface area contributed by atoms with Gasteiger partial charge >= 0.3 is 0 Å². The maximum atomic E-state index is 14.4. The second-order valence-corrected chi connectivity index (χ2v) is 8.26. The second kappa shape index (κ2) is 7.07. The molecule has 1 aliphatic carbocycles. The fourth-order valence-corrected chi connectivity index (χ4v) is 4.71. The van der Waals surface area contributed by atoms with Crippen molar-refractivity contribution >= 4 is 10.8 Å². The van der Waals surface area contributed by atoms with Gasteiger partial charge < -0.3 is 0 Å². The Bertz CT molecular complexity index is 1010. The van der Waals surface area contributed by atoms with Crippen molar-refractivity contribution in [2.24, 2.45) is 7.05 Å². The van der Waals surface area contributed by atoms with Crippen LogP contribution in [0.25, 0.3) is 22.0 Å². The van der Waals surface area contributed by atoms with E-state index in [0.717, 1.165) is 16.7 Å². The number of benzene rings is 2. The molecule has 0 aliphatic heterocycles. The normalized spacial score (nSPS) is 15.4. The van der Waals surface area contributed by atoms with Crippen molar-refractivity contribution in [2.45, 2.75) is 58.8 Å². The van der Waals surface area contributed by atoms with Gasteiger partial charge in [0.05, 0.1) is 10.9 Å². The molecule has 0 radical (unpaired) electrons. The van der Waals surface area contributed by atoms with Crippen molar-refractivity contribution in [3.05, 3.63) is 64.6 Å². The first kappa shape index (κ1) is 18.2. The van der Waals surface area contributed by atoms with Crippen LogP contribution in [0.5, 0.6) is 0 Å². The summed E-state index contributed by atoms with van der Waals surface area (Å²) in [5, 5.41) is 2.53. The first-order valence-corrected chi connectivity index (χ1v) is 10.2. The van der Waals surface area contributed by atoms with Crippen LogP contribution in [-0.2, 0) is 7.05 Å². The zero-order valence-electron chi connectivity index (χ0n) is 16.9. The van der Waals surface area contributed by atoms with Crippen molar-refractivity contribution in [2.75, 3.05) is 0 Å². The molecule has 1 aliphatic rings. The molecule has 27 heavy (non-hydrogen) atoms. The maximum Gasteiger partial charge on any atom is 0.220 e. The number of hydrogen-bond donors (Lipinski definition) is 0. The van der Waals surface area contributed by atoms with Gasteiger partial charge in [-0.3, -0.25) is 0 Å². The van der Waals surface area contributed by atoms with E-state index in [9.17, 15) is 4.39 Å². The molecular formula is C25H29FN+. The number of hydrogen-bond acceptors (Lipinski definition) is 0. The summed E-state index contributed by atoms with van der Waals surface area (Å²) in [5.41, 5.74) is 6.27. The third kappa shape index (κ3) is 3.16. The number of nitrogens with zero attached hydrogens (tertiary/aromatic N) is 1. The summed E-state index contributed by atoms with van der Waals surface area (Å²) in [7, 11) is 2.08. The van der Waals surface area contributed by atoms with Gasteiger partial charge in [-0.1, -0.05) is 31.4 Å². The Balaban J connectivity index is 1.90. The standard InChI is InChI=1S/C25H29FN/c1-16-14-23(17(2)18(3)24(16)26)25-22-11-10-20(19-8-6-5-7-9-19)15-21(22)12-13-27(25)4/h10-15,19H,5-9H2,1-4H3/q+1. The SMILES string of the molecule is Cc1cc(-c2c3ccc(C4CCCCC4)cc3cc[n+]2C)c(C)c(C)c1F. The van der Waals surface area contributed by atoms with Gasteiger partial charge in [-0.25, -0.2) is 8.96 Å². The van der Waals surface area contributed by atoms with Crippen molar-refractivity contribution in [3.8, 4) is 11.3 Å². The van der Waals surface area contributed by atoms with E-state index in [4.69, 9.17) is 0 Å². The Kier molecular flexibility index (Phi) is 4.75. The molecule has 140 valence electrons. The predicted octanol–water partition coefficient (Wildman–Crippen LogP) is 6.44. The molecule has 1 heterocycles. The number of aromatic nitrogens is 1. The van der Waals surface area contributed by atoms with Gasteiger partial charge in [0.25, 0.3) is 0 Å². The molecule has 2 aromatic carbocycles. The Morgan fingerprint density at radius 2 is 1.67 bits per heavy atom. The average Bonchev–Trinajstić information content (AvgIpc) is 2.70. The van der Waals surface area contributed by atoms with Crippen LogP contribution < -0.4 is 4.57 Å². The molecule has 1 aromatic heterocycles. The van der Waals surface area contributed by atoms with Crippen LogP contribution >= 0.6 is 0 Å². The molecule has 2 heteroatoms. The molecule has 1 saturated carbocycles. The minimum atomic E-state index is -0.0845. The minimum absolute atomic E-state index is 0.0845. The van der Waals surface area contributed by atoms with Crippen molar-refractivity contribution in [1.82, 2.24) is 0 Å². The molecule has 0 spiro atoms. The first-order chi connectivity index (χ1) is 13.0. The highest BCUT2D eigenvalue weighted by Crippen LogP contribution is 2.36. The summed E-state index contributed by atoms with van der Waals surface area (Å²) in [4.78, 5) is 0. The van der Waals surface area contributed by atoms with E-state index in [2.05, 4.69) is 42.1 Å². The predicted molar refractivity (Wildman–Crippen MR) is 111 cm³/mol. The summed E-state index contributed by atoms with van der Waals surface area (Å²) in [6.45, 7) is 5.77. The summed E-state index contributed by atoms with van der Waals surface area (Å²) in [6.07, 6.45) is 8.85. The topological polar surface area (TPSA) is 3.88 Å². The van der Waals surface area contributed by atoms with Crippen LogP contribution in [0.3, 0.4) is 0 Å². The van der Waals surface area contributed by atoms with Crippen LogP contribution in [0, 0.1) is 26.6 Å². The lowest BCUT2D eigenvalue weighted by atomic mass is 9.83. The van der Waals surface area contributed by atoms with Gasteiger partial charge in [-0.2, -0.15) is 0 Å². The number of halogens is 1. The van der Waals surface area contributed by atoms with Gasteiger partial charge in [-0.05, 0) is 79.3 Å². The van der Waals surface area contributed by atoms with E-state index >= 15 is 0 Å². The number of aryl methyl sites for hydroxylation is 2. The molecule has 0 atom stereocenters. The Labute approximate surface area is 161 Å². The van der Waals surface area contributed by atoms with Crippen molar-refractivity contribution in [3.63, 3.8) is 0 Å². The fraction of sp³-hybridized carbons (Fsp3) is 0.400. The quantitative estimate of drug-likeness (QED) is 0.462. The lowest BCUT2D eigenvalue weighted by Crippen LogP contribution is -2.31. The van der Waals surface area contributed by atoms with Crippen LogP contribution in [-0.4, -0.2) is 0 Å². The van der Waals surface area contributed by atoms with E-state index in [-0.39, 0.29) is 5.82 Å². The smallest absolute Gasteiger partial charge is 0.206 e. The van der Waals surface area contributed by atoms with Gasteiger partial charge in [0.15, 0.2) is 6.20 Å². The Hall–Kier alpha value is -2.22. The summed E-state index contributed by atoms with van der Waals surface area (Å²) in [6, 6.07) is 11.2. The zero-order chi connectivity index (χ0) is 19.1. The molecule has 3 aromatic rings. The van der Waals surface area contributed by atoms with Crippen LogP contribution in [0.4, 0.5) is 4.39 Å². The molecule has 0 amide bonds. The Morgan fingerprint density at radius 1 is 0.926 bits per heavy atom. The van der Waals surface area contributed by atoms with Gasteiger partial charge in [-0.15, -0.1) is 0 Å². The summed E-state index contributed by atoms with van der Waals surface area (Å²) < 4.78 is 16.5. The van der Waals surface area contributed by atoms with Crippen molar-refractivity contribution in [1.29, 1.82) is 0 Å². The number of rotatable bonds is 2.